The molecular weight excluding hydrogens is 436 g/mol. The van der Waals surface area contributed by atoms with Gasteiger partial charge in [-0.2, -0.15) is 0 Å². The summed E-state index contributed by atoms with van der Waals surface area (Å²) < 4.78 is 33.3. The maximum Gasteiger partial charge on any atom is 0.262 e. The first-order valence-corrected chi connectivity index (χ1v) is 11.4. The second-order valence-electron chi connectivity index (χ2n) is 7.25. The van der Waals surface area contributed by atoms with E-state index in [9.17, 15) is 13.2 Å². The van der Waals surface area contributed by atoms with Crippen LogP contribution in [0, 0.1) is 20.8 Å². The van der Waals surface area contributed by atoms with Crippen molar-refractivity contribution in [2.45, 2.75) is 25.7 Å². The summed E-state index contributed by atoms with van der Waals surface area (Å²) in [4.78, 5) is 12.3. The highest BCUT2D eigenvalue weighted by molar-refractivity contribution is 7.92. The van der Waals surface area contributed by atoms with E-state index in [1.165, 1.54) is 18.2 Å². The van der Waals surface area contributed by atoms with Gasteiger partial charge < -0.3 is 10.1 Å². The molecule has 2 N–H and O–H groups in total. The lowest BCUT2D eigenvalue weighted by molar-refractivity contribution is -0.118. The molecule has 0 atom stereocenters. The fourth-order valence-corrected chi connectivity index (χ4v) is 4.34. The summed E-state index contributed by atoms with van der Waals surface area (Å²) >= 11 is 5.83. The van der Waals surface area contributed by atoms with Gasteiger partial charge in [-0.15, -0.1) is 0 Å². The van der Waals surface area contributed by atoms with Crippen molar-refractivity contribution >= 4 is 38.9 Å². The number of hydrogen-bond acceptors (Lipinski definition) is 4. The highest BCUT2D eigenvalue weighted by Gasteiger charge is 2.16. The zero-order valence-electron chi connectivity index (χ0n) is 17.4. The van der Waals surface area contributed by atoms with Crippen molar-refractivity contribution in [3.05, 3.63) is 82.4 Å². The molecule has 0 aromatic heterocycles. The van der Waals surface area contributed by atoms with E-state index in [0.717, 1.165) is 11.1 Å². The van der Waals surface area contributed by atoms with Gasteiger partial charge in [-0.1, -0.05) is 17.7 Å². The van der Waals surface area contributed by atoms with Crippen molar-refractivity contribution in [3.8, 4) is 5.75 Å². The van der Waals surface area contributed by atoms with Crippen LogP contribution in [0.5, 0.6) is 5.75 Å². The minimum Gasteiger partial charge on any atom is -0.483 e. The van der Waals surface area contributed by atoms with Crippen molar-refractivity contribution in [1.29, 1.82) is 0 Å². The van der Waals surface area contributed by atoms with Crippen LogP contribution in [0.25, 0.3) is 0 Å². The van der Waals surface area contributed by atoms with Crippen LogP contribution in [0.15, 0.2) is 65.6 Å². The molecule has 0 aliphatic rings. The largest absolute Gasteiger partial charge is 0.483 e. The number of halogens is 1. The zero-order chi connectivity index (χ0) is 22.6. The fourth-order valence-electron chi connectivity index (χ4n) is 3.07. The molecule has 0 aliphatic heterocycles. The number of hydrogen-bond donors (Lipinski definition) is 2. The number of aryl methyl sites for hydroxylation is 3. The van der Waals surface area contributed by atoms with E-state index in [4.69, 9.17) is 16.3 Å². The van der Waals surface area contributed by atoms with E-state index in [1.54, 1.807) is 31.2 Å². The molecule has 3 rings (SSSR count). The fraction of sp³-hybridized carbons (Fsp3) is 0.174. The molecule has 0 spiro atoms. The molecular formula is C23H23ClN2O4S. The van der Waals surface area contributed by atoms with Crippen LogP contribution >= 0.6 is 11.6 Å². The molecule has 6 nitrogen and oxygen atoms in total. The third kappa shape index (κ3) is 6.23. The van der Waals surface area contributed by atoms with Crippen molar-refractivity contribution < 1.29 is 17.9 Å². The first-order valence-electron chi connectivity index (χ1n) is 9.52. The van der Waals surface area contributed by atoms with Crippen molar-refractivity contribution in [2.75, 3.05) is 16.6 Å². The Labute approximate surface area is 187 Å². The number of carbonyl (C=O) groups is 1. The molecule has 8 heteroatoms. The predicted molar refractivity (Wildman–Crippen MR) is 123 cm³/mol. The lowest BCUT2D eigenvalue weighted by Crippen LogP contribution is -2.20. The van der Waals surface area contributed by atoms with E-state index in [0.29, 0.717) is 27.7 Å². The summed E-state index contributed by atoms with van der Waals surface area (Å²) in [5.74, 6) is 0.131. The molecule has 0 fully saturated rings. The van der Waals surface area contributed by atoms with Crippen LogP contribution in [0.3, 0.4) is 0 Å². The summed E-state index contributed by atoms with van der Waals surface area (Å²) in [5, 5.41) is 3.32. The summed E-state index contributed by atoms with van der Waals surface area (Å²) in [7, 11) is -3.77. The summed E-state index contributed by atoms with van der Waals surface area (Å²) in [6, 6.07) is 16.6. The van der Waals surface area contributed by atoms with Gasteiger partial charge in [0.05, 0.1) is 4.90 Å². The Hall–Kier alpha value is -3.03. The number of nitrogens with one attached hydrogen (secondary N) is 2. The van der Waals surface area contributed by atoms with Gasteiger partial charge in [-0.25, -0.2) is 8.42 Å². The van der Waals surface area contributed by atoms with Gasteiger partial charge in [0.15, 0.2) is 6.61 Å². The van der Waals surface area contributed by atoms with Crippen LogP contribution in [-0.2, 0) is 14.8 Å². The van der Waals surface area contributed by atoms with Gasteiger partial charge in [0.1, 0.15) is 5.75 Å². The molecule has 162 valence electrons. The van der Waals surface area contributed by atoms with Crippen molar-refractivity contribution in [1.82, 2.24) is 0 Å². The molecule has 0 unspecified atom stereocenters. The monoisotopic (exact) mass is 458 g/mol. The average Bonchev–Trinajstić information content (AvgIpc) is 2.68. The minimum absolute atomic E-state index is 0.0898. The molecule has 0 aliphatic carbocycles. The smallest absolute Gasteiger partial charge is 0.262 e. The number of ether oxygens (including phenoxy) is 1. The maximum absolute atomic E-state index is 12.6. The van der Waals surface area contributed by atoms with Crippen LogP contribution in [0.1, 0.15) is 16.7 Å². The third-order valence-electron chi connectivity index (χ3n) is 4.42. The Morgan fingerprint density at radius 2 is 1.55 bits per heavy atom. The number of carbonyl (C=O) groups excluding carboxylic acids is 1. The first kappa shape index (κ1) is 22.7. The van der Waals surface area contributed by atoms with Gasteiger partial charge >= 0.3 is 0 Å². The van der Waals surface area contributed by atoms with Crippen LogP contribution in [0.4, 0.5) is 11.4 Å². The maximum atomic E-state index is 12.6. The van der Waals surface area contributed by atoms with E-state index in [1.807, 2.05) is 32.0 Å². The SMILES string of the molecule is Cc1cc(C)cc(NC(=O)COc2ccc(S(=O)(=O)Nc3ccc(Cl)cc3)cc2C)c1. The van der Waals surface area contributed by atoms with E-state index in [2.05, 4.69) is 10.0 Å². The quantitative estimate of drug-likeness (QED) is 0.516. The molecule has 0 saturated heterocycles. The predicted octanol–water partition coefficient (Wildman–Crippen LogP) is 5.08. The number of amides is 1. The molecule has 31 heavy (non-hydrogen) atoms. The Morgan fingerprint density at radius 1 is 0.903 bits per heavy atom. The van der Waals surface area contributed by atoms with Crippen LogP contribution in [0.2, 0.25) is 5.02 Å². The lowest BCUT2D eigenvalue weighted by atomic mass is 10.1. The van der Waals surface area contributed by atoms with Gasteiger partial charge in [0.2, 0.25) is 0 Å². The van der Waals surface area contributed by atoms with E-state index in [-0.39, 0.29) is 17.4 Å². The van der Waals surface area contributed by atoms with Gasteiger partial charge in [0, 0.05) is 16.4 Å². The van der Waals surface area contributed by atoms with E-state index >= 15 is 0 Å². The van der Waals surface area contributed by atoms with Gasteiger partial charge in [-0.3, -0.25) is 9.52 Å². The van der Waals surface area contributed by atoms with E-state index < -0.39 is 10.0 Å². The lowest BCUT2D eigenvalue weighted by Gasteiger charge is -2.13. The summed E-state index contributed by atoms with van der Waals surface area (Å²) in [6.45, 7) is 5.45. The Morgan fingerprint density at radius 3 is 2.16 bits per heavy atom. The molecule has 3 aromatic carbocycles. The average molecular weight is 459 g/mol. The van der Waals surface area contributed by atoms with Crippen molar-refractivity contribution in [2.24, 2.45) is 0 Å². The Kier molecular flexibility index (Phi) is 6.87. The van der Waals surface area contributed by atoms with Gasteiger partial charge in [0.25, 0.3) is 15.9 Å². The number of benzene rings is 3. The van der Waals surface area contributed by atoms with Gasteiger partial charge in [-0.05, 0) is 92.1 Å². The Balaban J connectivity index is 1.64. The number of anilines is 2. The standard InChI is InChI=1S/C23H23ClN2O4S/c1-15-10-16(2)12-20(11-15)25-23(27)14-30-22-9-8-21(13-17(22)3)31(28,29)26-19-6-4-18(24)5-7-19/h4-13,26H,14H2,1-3H3,(H,25,27). The molecule has 3 aromatic rings. The highest BCUT2D eigenvalue weighted by atomic mass is 35.5. The number of rotatable bonds is 7. The molecule has 0 radical (unpaired) electrons. The second-order valence-corrected chi connectivity index (χ2v) is 9.37. The minimum atomic E-state index is -3.77. The molecule has 0 heterocycles. The highest BCUT2D eigenvalue weighted by Crippen LogP contribution is 2.24. The van der Waals surface area contributed by atoms with Crippen molar-refractivity contribution in [3.63, 3.8) is 0 Å². The third-order valence-corrected chi connectivity index (χ3v) is 6.05. The number of sulfonamides is 1. The Bertz CT molecular complexity index is 1190. The van der Waals surface area contributed by atoms with Crippen LogP contribution in [-0.4, -0.2) is 20.9 Å². The summed E-state index contributed by atoms with van der Waals surface area (Å²) in [5.41, 5.74) is 3.81. The zero-order valence-corrected chi connectivity index (χ0v) is 19.0. The van der Waals surface area contributed by atoms with Crippen LogP contribution < -0.4 is 14.8 Å². The molecule has 1 amide bonds. The normalized spacial score (nSPS) is 11.1. The second kappa shape index (κ2) is 9.41. The first-order chi connectivity index (χ1) is 14.6. The summed E-state index contributed by atoms with van der Waals surface area (Å²) in [6.07, 6.45) is 0. The molecule has 0 bridgehead atoms. The topological polar surface area (TPSA) is 84.5 Å². The molecule has 0 saturated carbocycles.